The van der Waals surface area contributed by atoms with E-state index < -0.39 is 0 Å². The van der Waals surface area contributed by atoms with Gasteiger partial charge in [-0.15, -0.1) is 0 Å². The summed E-state index contributed by atoms with van der Waals surface area (Å²) < 4.78 is 10.6. The third kappa shape index (κ3) is 7.38. The lowest BCUT2D eigenvalue weighted by Crippen LogP contribution is -2.37. The van der Waals surface area contributed by atoms with Crippen LogP contribution in [0.1, 0.15) is 55.9 Å². The number of anilines is 1. The minimum absolute atomic E-state index is 0.0114. The molecule has 0 aliphatic rings. The van der Waals surface area contributed by atoms with Crippen LogP contribution in [0.2, 0.25) is 0 Å². The maximum atomic E-state index is 12.9. The van der Waals surface area contributed by atoms with E-state index in [2.05, 4.69) is 11.8 Å². The Morgan fingerprint density at radius 3 is 2.35 bits per heavy atom. The van der Waals surface area contributed by atoms with E-state index in [1.807, 2.05) is 39.8 Å². The second-order valence-corrected chi connectivity index (χ2v) is 8.14. The summed E-state index contributed by atoms with van der Waals surface area (Å²) in [5, 5.41) is 7.42. The number of hydrogen-bond donors (Lipinski definition) is 2. The Labute approximate surface area is 201 Å². The molecular formula is C27H33N3O4. The van der Waals surface area contributed by atoms with E-state index in [0.29, 0.717) is 17.9 Å². The molecule has 0 aliphatic heterocycles. The van der Waals surface area contributed by atoms with Gasteiger partial charge in [-0.25, -0.2) is 0 Å². The summed E-state index contributed by atoms with van der Waals surface area (Å²) in [5.74, 6) is 6.34. The summed E-state index contributed by atoms with van der Waals surface area (Å²) in [6.07, 6.45) is 0.163. The minimum Gasteiger partial charge on any atom is -0.481 e. The van der Waals surface area contributed by atoms with E-state index >= 15 is 0 Å². The predicted molar refractivity (Wildman–Crippen MR) is 134 cm³/mol. The van der Waals surface area contributed by atoms with Crippen LogP contribution in [-0.4, -0.2) is 37.0 Å². The molecule has 3 N–H and O–H groups in total. The topological polar surface area (TPSA) is 106 Å². The van der Waals surface area contributed by atoms with Crippen molar-refractivity contribution in [2.45, 2.75) is 53.5 Å². The molecule has 0 unspecified atom stereocenters. The molecule has 0 atom stereocenters. The molecule has 2 aromatic carbocycles. The Morgan fingerprint density at radius 2 is 1.76 bits per heavy atom. The van der Waals surface area contributed by atoms with Gasteiger partial charge >= 0.3 is 5.97 Å². The molecule has 7 nitrogen and oxygen atoms in total. The van der Waals surface area contributed by atoms with Crippen molar-refractivity contribution in [2.24, 2.45) is 5.73 Å². The van der Waals surface area contributed by atoms with Gasteiger partial charge in [0.05, 0.1) is 13.0 Å². The van der Waals surface area contributed by atoms with E-state index in [4.69, 9.17) is 20.6 Å². The molecule has 0 fully saturated rings. The van der Waals surface area contributed by atoms with Gasteiger partial charge in [-0.05, 0) is 82.1 Å². The highest BCUT2D eigenvalue weighted by Gasteiger charge is 2.22. The SMILES string of the molecule is CCOC(=O)CCC(=O)N(c1cc(C)c(C#CCOc2ccc(C(=N)N)cc2)cc1C)C(C)C. The molecule has 0 saturated heterocycles. The number of nitrogens with two attached hydrogens (primary N) is 1. The van der Waals surface area contributed by atoms with Crippen molar-refractivity contribution in [1.29, 1.82) is 5.41 Å². The van der Waals surface area contributed by atoms with Crippen molar-refractivity contribution in [3.05, 3.63) is 58.7 Å². The molecule has 0 heterocycles. The molecule has 180 valence electrons. The number of ether oxygens (including phenoxy) is 2. The van der Waals surface area contributed by atoms with Gasteiger partial charge in [0, 0.05) is 29.3 Å². The standard InChI is InChI=1S/C27H33N3O4/c1-6-33-26(32)14-13-25(31)30(18(2)3)24-17-19(4)22(16-20(24)5)8-7-15-34-23-11-9-21(10-12-23)27(28)29/h9-12,16-18H,6,13-15H2,1-5H3,(H3,28,29). The van der Waals surface area contributed by atoms with Crippen LogP contribution < -0.4 is 15.4 Å². The molecular weight excluding hydrogens is 430 g/mol. The van der Waals surface area contributed by atoms with Gasteiger partial charge in [0.2, 0.25) is 5.91 Å². The number of amides is 1. The number of nitrogens with zero attached hydrogens (tertiary/aromatic N) is 1. The van der Waals surface area contributed by atoms with Crippen LogP contribution in [-0.2, 0) is 14.3 Å². The first kappa shape index (κ1) is 26.5. The molecule has 0 bridgehead atoms. The summed E-state index contributed by atoms with van der Waals surface area (Å²) >= 11 is 0. The summed E-state index contributed by atoms with van der Waals surface area (Å²) in [6, 6.07) is 10.8. The summed E-state index contributed by atoms with van der Waals surface area (Å²) in [7, 11) is 0. The van der Waals surface area contributed by atoms with E-state index in [0.717, 1.165) is 22.4 Å². The zero-order valence-electron chi connectivity index (χ0n) is 20.5. The molecule has 1 amide bonds. The van der Waals surface area contributed by atoms with Crippen molar-refractivity contribution in [3.8, 4) is 17.6 Å². The molecule has 0 radical (unpaired) electrons. The Morgan fingerprint density at radius 1 is 1.09 bits per heavy atom. The fraction of sp³-hybridized carbons (Fsp3) is 0.370. The number of nitrogen functional groups attached to an aromatic ring is 1. The van der Waals surface area contributed by atoms with Crippen molar-refractivity contribution in [3.63, 3.8) is 0 Å². The number of amidine groups is 1. The van der Waals surface area contributed by atoms with Gasteiger partial charge < -0.3 is 20.1 Å². The van der Waals surface area contributed by atoms with Gasteiger partial charge in [0.25, 0.3) is 0 Å². The molecule has 2 aromatic rings. The molecule has 0 aromatic heterocycles. The lowest BCUT2D eigenvalue weighted by atomic mass is 10.0. The summed E-state index contributed by atoms with van der Waals surface area (Å²) in [6.45, 7) is 10.1. The fourth-order valence-corrected chi connectivity index (χ4v) is 3.44. The average Bonchev–Trinajstić information content (AvgIpc) is 2.78. The minimum atomic E-state index is -0.366. The fourth-order valence-electron chi connectivity index (χ4n) is 3.44. The van der Waals surface area contributed by atoms with E-state index in [1.165, 1.54) is 0 Å². The Balaban J connectivity index is 2.11. The van der Waals surface area contributed by atoms with Crippen LogP contribution in [0.25, 0.3) is 0 Å². The zero-order valence-corrected chi connectivity index (χ0v) is 20.5. The zero-order chi connectivity index (χ0) is 25.3. The van der Waals surface area contributed by atoms with Crippen LogP contribution in [0.3, 0.4) is 0 Å². The number of aryl methyl sites for hydroxylation is 2. The lowest BCUT2D eigenvalue weighted by molar-refractivity contribution is -0.144. The first-order valence-electron chi connectivity index (χ1n) is 11.3. The van der Waals surface area contributed by atoms with Gasteiger partial charge in [-0.1, -0.05) is 11.8 Å². The molecule has 2 rings (SSSR count). The van der Waals surface area contributed by atoms with E-state index in [1.54, 1.807) is 36.1 Å². The Bertz CT molecular complexity index is 1100. The van der Waals surface area contributed by atoms with Crippen LogP contribution >= 0.6 is 0 Å². The van der Waals surface area contributed by atoms with Crippen LogP contribution in [0, 0.1) is 31.1 Å². The van der Waals surface area contributed by atoms with Crippen molar-refractivity contribution in [1.82, 2.24) is 0 Å². The second kappa shape index (κ2) is 12.4. The summed E-state index contributed by atoms with van der Waals surface area (Å²) in [4.78, 5) is 26.3. The third-order valence-corrected chi connectivity index (χ3v) is 5.14. The molecule has 7 heteroatoms. The van der Waals surface area contributed by atoms with Gasteiger partial charge in [0.1, 0.15) is 18.2 Å². The predicted octanol–water partition coefficient (Wildman–Crippen LogP) is 4.10. The van der Waals surface area contributed by atoms with Gasteiger partial charge in [0.15, 0.2) is 0 Å². The Hall–Kier alpha value is -3.79. The van der Waals surface area contributed by atoms with Crippen molar-refractivity contribution < 1.29 is 19.1 Å². The highest BCUT2D eigenvalue weighted by molar-refractivity contribution is 5.96. The quantitative estimate of drug-likeness (QED) is 0.252. The lowest BCUT2D eigenvalue weighted by Gasteiger charge is -2.29. The average molecular weight is 464 g/mol. The number of hydrogen-bond acceptors (Lipinski definition) is 5. The van der Waals surface area contributed by atoms with Crippen LogP contribution in [0.15, 0.2) is 36.4 Å². The third-order valence-electron chi connectivity index (χ3n) is 5.14. The monoisotopic (exact) mass is 463 g/mol. The van der Waals surface area contributed by atoms with Crippen molar-refractivity contribution >= 4 is 23.4 Å². The number of rotatable bonds is 9. The number of carbonyl (C=O) groups excluding carboxylic acids is 2. The maximum Gasteiger partial charge on any atom is 0.306 e. The number of benzene rings is 2. The normalized spacial score (nSPS) is 10.3. The molecule has 34 heavy (non-hydrogen) atoms. The highest BCUT2D eigenvalue weighted by Crippen LogP contribution is 2.27. The molecule has 0 aliphatic carbocycles. The first-order chi connectivity index (χ1) is 16.1. The Kier molecular flexibility index (Phi) is 9.69. The van der Waals surface area contributed by atoms with Crippen molar-refractivity contribution in [2.75, 3.05) is 18.1 Å². The second-order valence-electron chi connectivity index (χ2n) is 8.14. The molecule has 0 spiro atoms. The number of carbonyl (C=O) groups is 2. The maximum absolute atomic E-state index is 12.9. The van der Waals surface area contributed by atoms with E-state index in [9.17, 15) is 9.59 Å². The van der Waals surface area contributed by atoms with Crippen LogP contribution in [0.4, 0.5) is 5.69 Å². The highest BCUT2D eigenvalue weighted by atomic mass is 16.5. The smallest absolute Gasteiger partial charge is 0.306 e. The van der Waals surface area contributed by atoms with Gasteiger partial charge in [-0.3, -0.25) is 15.0 Å². The van der Waals surface area contributed by atoms with E-state index in [-0.39, 0.29) is 43.2 Å². The number of nitrogens with one attached hydrogen (secondary N) is 1. The van der Waals surface area contributed by atoms with Gasteiger partial charge in [-0.2, -0.15) is 0 Å². The largest absolute Gasteiger partial charge is 0.481 e. The first-order valence-corrected chi connectivity index (χ1v) is 11.3. The molecule has 0 saturated carbocycles. The van der Waals surface area contributed by atoms with Crippen LogP contribution in [0.5, 0.6) is 5.75 Å². The summed E-state index contributed by atoms with van der Waals surface area (Å²) in [5.41, 5.74) is 9.64. The number of esters is 1.